The van der Waals surface area contributed by atoms with Crippen molar-refractivity contribution in [1.29, 1.82) is 0 Å². The van der Waals surface area contributed by atoms with Gasteiger partial charge in [-0.15, -0.1) is 11.3 Å². The van der Waals surface area contributed by atoms with E-state index in [1.165, 1.54) is 12.5 Å². The van der Waals surface area contributed by atoms with Crippen LogP contribution < -0.4 is 9.47 Å². The van der Waals surface area contributed by atoms with Gasteiger partial charge in [-0.1, -0.05) is 6.07 Å². The fraction of sp³-hybridized carbons (Fsp3) is 0.429. The molecule has 2 amide bonds. The number of fused-ring (bicyclic) bond motifs is 1. The highest BCUT2D eigenvalue weighted by Crippen LogP contribution is 2.33. The van der Waals surface area contributed by atoms with Crippen LogP contribution in [0.5, 0.6) is 11.5 Å². The number of carbonyl (C=O) groups excluding carboxylic acids is 2. The average molecular weight is 401 g/mol. The molecule has 6 nitrogen and oxygen atoms in total. The van der Waals surface area contributed by atoms with Gasteiger partial charge in [-0.05, 0) is 54.5 Å². The van der Waals surface area contributed by atoms with Crippen LogP contribution in [0, 0.1) is 6.92 Å². The molecule has 1 aromatic heterocycles. The molecule has 28 heavy (non-hydrogen) atoms. The molecule has 2 heterocycles. The number of hydrogen-bond donors (Lipinski definition) is 0. The van der Waals surface area contributed by atoms with E-state index in [4.69, 9.17) is 9.47 Å². The van der Waals surface area contributed by atoms with E-state index in [0.717, 1.165) is 29.0 Å². The van der Waals surface area contributed by atoms with Crippen molar-refractivity contribution in [3.63, 3.8) is 0 Å². The largest absolute Gasteiger partial charge is 0.454 e. The van der Waals surface area contributed by atoms with Gasteiger partial charge in [0, 0.05) is 24.4 Å². The van der Waals surface area contributed by atoms with Gasteiger partial charge in [0.2, 0.25) is 18.6 Å². The number of aryl methyl sites for hydroxylation is 1. The van der Waals surface area contributed by atoms with Crippen LogP contribution in [0.1, 0.15) is 35.8 Å². The average Bonchev–Trinajstić information content (AvgIpc) is 3.26. The molecule has 0 N–H and O–H groups in total. The summed E-state index contributed by atoms with van der Waals surface area (Å²) in [5.41, 5.74) is 2.16. The highest BCUT2D eigenvalue weighted by molar-refractivity contribution is 7.10. The third kappa shape index (κ3) is 4.14. The summed E-state index contributed by atoms with van der Waals surface area (Å²) < 4.78 is 10.8. The minimum atomic E-state index is -0.0359. The van der Waals surface area contributed by atoms with Crippen LogP contribution in [0.25, 0.3) is 0 Å². The van der Waals surface area contributed by atoms with Gasteiger partial charge in [-0.2, -0.15) is 0 Å². The number of nitrogens with zero attached hydrogens (tertiary/aromatic N) is 2. The zero-order valence-corrected chi connectivity index (χ0v) is 17.0. The summed E-state index contributed by atoms with van der Waals surface area (Å²) in [5, 5.41) is 2.04. The highest BCUT2D eigenvalue weighted by atomic mass is 32.1. The third-order valence-electron chi connectivity index (χ3n) is 5.16. The molecule has 0 bridgehead atoms. The van der Waals surface area contributed by atoms with Gasteiger partial charge in [0.25, 0.3) is 0 Å². The SMILES string of the molecule is CC(=O)N(CC(=O)N(Cc1ccc2c(c1)OCO2)Cc1sccc1C)C1CC1. The Kier molecular flexibility index (Phi) is 5.26. The van der Waals surface area contributed by atoms with E-state index in [-0.39, 0.29) is 31.2 Å². The maximum absolute atomic E-state index is 13.1. The highest BCUT2D eigenvalue weighted by Gasteiger charge is 2.33. The molecule has 0 atom stereocenters. The standard InChI is InChI=1S/C21H24N2O4S/c1-14-7-8-28-20(14)11-22(21(25)12-23(15(2)24)17-4-5-17)10-16-3-6-18-19(9-16)27-13-26-18/h3,6-9,17H,4-5,10-13H2,1-2H3. The smallest absolute Gasteiger partial charge is 0.242 e. The van der Waals surface area contributed by atoms with Gasteiger partial charge in [-0.25, -0.2) is 0 Å². The summed E-state index contributed by atoms with van der Waals surface area (Å²) in [6.45, 7) is 4.95. The van der Waals surface area contributed by atoms with Crippen LogP contribution in [0.4, 0.5) is 0 Å². The molecule has 1 aromatic carbocycles. The second-order valence-electron chi connectivity index (χ2n) is 7.34. The lowest BCUT2D eigenvalue weighted by atomic mass is 10.1. The zero-order chi connectivity index (χ0) is 19.7. The maximum Gasteiger partial charge on any atom is 0.242 e. The van der Waals surface area contributed by atoms with Crippen molar-refractivity contribution in [2.75, 3.05) is 13.3 Å². The van der Waals surface area contributed by atoms with Crippen molar-refractivity contribution in [3.8, 4) is 11.5 Å². The number of amides is 2. The van der Waals surface area contributed by atoms with E-state index in [1.54, 1.807) is 16.2 Å². The van der Waals surface area contributed by atoms with Crippen molar-refractivity contribution in [3.05, 3.63) is 45.6 Å². The van der Waals surface area contributed by atoms with Gasteiger partial charge in [0.05, 0.1) is 6.54 Å². The fourth-order valence-electron chi connectivity index (χ4n) is 3.36. The Morgan fingerprint density at radius 3 is 2.61 bits per heavy atom. The molecule has 7 heteroatoms. The summed E-state index contributed by atoms with van der Waals surface area (Å²) in [6.07, 6.45) is 1.97. The lowest BCUT2D eigenvalue weighted by Crippen LogP contribution is -2.42. The second-order valence-corrected chi connectivity index (χ2v) is 8.34. The van der Waals surface area contributed by atoms with E-state index in [2.05, 4.69) is 13.0 Å². The molecule has 0 radical (unpaired) electrons. The third-order valence-corrected chi connectivity index (χ3v) is 6.17. The van der Waals surface area contributed by atoms with Crippen LogP contribution in [0.3, 0.4) is 0 Å². The van der Waals surface area contributed by atoms with Gasteiger partial charge >= 0.3 is 0 Å². The first-order valence-corrected chi connectivity index (χ1v) is 10.4. The second kappa shape index (κ2) is 7.83. The van der Waals surface area contributed by atoms with E-state index in [1.807, 2.05) is 28.5 Å². The number of rotatable bonds is 7. The minimum absolute atomic E-state index is 0.0347. The molecule has 148 valence electrons. The first kappa shape index (κ1) is 18.8. The molecule has 4 rings (SSSR count). The molecule has 0 spiro atoms. The number of thiophene rings is 1. The quantitative estimate of drug-likeness (QED) is 0.715. The lowest BCUT2D eigenvalue weighted by molar-refractivity contribution is -0.140. The molecule has 1 aliphatic heterocycles. The topological polar surface area (TPSA) is 59.1 Å². The van der Waals surface area contributed by atoms with Crippen molar-refractivity contribution in [2.45, 2.75) is 45.8 Å². The Hall–Kier alpha value is -2.54. The van der Waals surface area contributed by atoms with E-state index < -0.39 is 0 Å². The number of carbonyl (C=O) groups is 2. The molecule has 0 unspecified atom stereocenters. The fourth-order valence-corrected chi connectivity index (χ4v) is 4.28. The molecule has 1 fully saturated rings. The van der Waals surface area contributed by atoms with Gasteiger partial charge in [0.1, 0.15) is 6.54 Å². The van der Waals surface area contributed by atoms with E-state index in [0.29, 0.717) is 18.8 Å². The molecule has 2 aromatic rings. The molecular weight excluding hydrogens is 376 g/mol. The van der Waals surface area contributed by atoms with Crippen molar-refractivity contribution < 1.29 is 19.1 Å². The van der Waals surface area contributed by atoms with Crippen molar-refractivity contribution >= 4 is 23.2 Å². The predicted molar refractivity (Wildman–Crippen MR) is 106 cm³/mol. The van der Waals surface area contributed by atoms with Gasteiger partial charge < -0.3 is 19.3 Å². The summed E-state index contributed by atoms with van der Waals surface area (Å²) >= 11 is 1.65. The van der Waals surface area contributed by atoms with Crippen LogP contribution in [-0.4, -0.2) is 41.0 Å². The molecule has 1 saturated carbocycles. The Morgan fingerprint density at radius 1 is 1.14 bits per heavy atom. The number of ether oxygens (including phenoxy) is 2. The molecule has 0 saturated heterocycles. The van der Waals surface area contributed by atoms with Crippen molar-refractivity contribution in [2.24, 2.45) is 0 Å². The number of hydrogen-bond acceptors (Lipinski definition) is 5. The minimum Gasteiger partial charge on any atom is -0.454 e. The monoisotopic (exact) mass is 400 g/mol. The normalized spacial score (nSPS) is 14.8. The lowest BCUT2D eigenvalue weighted by Gasteiger charge is -2.27. The van der Waals surface area contributed by atoms with Crippen LogP contribution >= 0.6 is 11.3 Å². The summed E-state index contributed by atoms with van der Waals surface area (Å²) in [6, 6.07) is 8.04. The van der Waals surface area contributed by atoms with E-state index in [9.17, 15) is 9.59 Å². The Balaban J connectivity index is 1.53. The first-order chi connectivity index (χ1) is 13.5. The molecule has 2 aliphatic rings. The Bertz CT molecular complexity index is 890. The van der Waals surface area contributed by atoms with Crippen LogP contribution in [0.15, 0.2) is 29.6 Å². The van der Waals surface area contributed by atoms with E-state index >= 15 is 0 Å². The maximum atomic E-state index is 13.1. The zero-order valence-electron chi connectivity index (χ0n) is 16.1. The summed E-state index contributed by atoms with van der Waals surface area (Å²) in [5.74, 6) is 1.37. The first-order valence-electron chi connectivity index (χ1n) is 9.47. The molecular formula is C21H24N2O4S. The summed E-state index contributed by atoms with van der Waals surface area (Å²) in [4.78, 5) is 29.8. The Labute approximate surface area is 168 Å². The van der Waals surface area contributed by atoms with Gasteiger partial charge in [-0.3, -0.25) is 9.59 Å². The molecule has 1 aliphatic carbocycles. The Morgan fingerprint density at radius 2 is 1.93 bits per heavy atom. The summed E-state index contributed by atoms with van der Waals surface area (Å²) in [7, 11) is 0. The van der Waals surface area contributed by atoms with Crippen LogP contribution in [0.2, 0.25) is 0 Å². The predicted octanol–water partition coefficient (Wildman–Crippen LogP) is 3.32. The van der Waals surface area contributed by atoms with Crippen molar-refractivity contribution in [1.82, 2.24) is 9.80 Å². The van der Waals surface area contributed by atoms with Crippen LogP contribution in [-0.2, 0) is 22.7 Å². The van der Waals surface area contributed by atoms with Gasteiger partial charge in [0.15, 0.2) is 11.5 Å². The number of benzene rings is 1.